The molecule has 2 rings (SSSR count). The number of hydrogen-bond donors (Lipinski definition) is 1. The maximum absolute atomic E-state index is 12.2. The van der Waals surface area contributed by atoms with E-state index in [0.29, 0.717) is 29.6 Å². The molecule has 0 aromatic heterocycles. The summed E-state index contributed by atoms with van der Waals surface area (Å²) in [6.45, 7) is 0. The first-order chi connectivity index (χ1) is 8.20. The van der Waals surface area contributed by atoms with Crippen molar-refractivity contribution >= 4 is 11.8 Å². The third-order valence-corrected chi connectivity index (χ3v) is 3.04. The number of ketones is 1. The molecule has 0 amide bonds. The number of hydrogen-bond acceptors (Lipinski definition) is 2. The third kappa shape index (κ3) is 2.44. The fourth-order valence-electron chi connectivity index (χ4n) is 2.16. The standard InChI is InChI=1S/C14H14O3/c15-13(10-6-2-1-3-7-10)11-8-4-5-9-12(11)14(16)17/h1-3,6-7H,4-5,8-9H2,(H,16,17). The van der Waals surface area contributed by atoms with Gasteiger partial charge < -0.3 is 5.11 Å². The van der Waals surface area contributed by atoms with Crippen LogP contribution < -0.4 is 0 Å². The third-order valence-electron chi connectivity index (χ3n) is 3.04. The molecule has 0 aliphatic heterocycles. The number of aliphatic carboxylic acids is 1. The molecule has 0 saturated carbocycles. The van der Waals surface area contributed by atoms with Gasteiger partial charge in [0.1, 0.15) is 0 Å². The molecule has 1 aromatic rings. The first-order valence-corrected chi connectivity index (χ1v) is 5.75. The highest BCUT2D eigenvalue weighted by Gasteiger charge is 2.23. The molecule has 0 spiro atoms. The number of Topliss-reactive ketones (excluding diaryl/α,β-unsaturated/α-hetero) is 1. The Balaban J connectivity index is 2.38. The van der Waals surface area contributed by atoms with Crippen LogP contribution in [0.4, 0.5) is 0 Å². The van der Waals surface area contributed by atoms with E-state index in [0.717, 1.165) is 12.8 Å². The van der Waals surface area contributed by atoms with Crippen LogP contribution in [-0.2, 0) is 4.79 Å². The SMILES string of the molecule is O=C(O)C1=C(C(=O)c2ccccc2)CCCC1. The second-order valence-corrected chi connectivity index (χ2v) is 4.16. The Hall–Kier alpha value is -1.90. The number of carboxylic acid groups (broad SMARTS) is 1. The van der Waals surface area contributed by atoms with Crippen LogP contribution in [0.25, 0.3) is 0 Å². The van der Waals surface area contributed by atoms with E-state index in [9.17, 15) is 9.59 Å². The molecule has 3 nitrogen and oxygen atoms in total. The molecule has 17 heavy (non-hydrogen) atoms. The van der Waals surface area contributed by atoms with Gasteiger partial charge in [-0.3, -0.25) is 4.79 Å². The van der Waals surface area contributed by atoms with E-state index in [4.69, 9.17) is 5.11 Å². The first-order valence-electron chi connectivity index (χ1n) is 5.75. The molecule has 1 N–H and O–H groups in total. The molecule has 0 unspecified atom stereocenters. The van der Waals surface area contributed by atoms with Crippen LogP contribution in [-0.4, -0.2) is 16.9 Å². The summed E-state index contributed by atoms with van der Waals surface area (Å²) in [4.78, 5) is 23.3. The highest BCUT2D eigenvalue weighted by Crippen LogP contribution is 2.27. The number of carbonyl (C=O) groups excluding carboxylic acids is 1. The minimum absolute atomic E-state index is 0.136. The van der Waals surface area contributed by atoms with Gasteiger partial charge in [-0.05, 0) is 25.7 Å². The van der Waals surface area contributed by atoms with E-state index in [1.54, 1.807) is 24.3 Å². The van der Waals surface area contributed by atoms with E-state index >= 15 is 0 Å². The summed E-state index contributed by atoms with van der Waals surface area (Å²) >= 11 is 0. The number of carboxylic acids is 1. The van der Waals surface area contributed by atoms with E-state index in [2.05, 4.69) is 0 Å². The summed E-state index contributed by atoms with van der Waals surface area (Å²) in [6, 6.07) is 8.87. The molecule has 1 aliphatic rings. The summed E-state index contributed by atoms with van der Waals surface area (Å²) in [7, 11) is 0. The largest absolute Gasteiger partial charge is 0.478 e. The van der Waals surface area contributed by atoms with Crippen LogP contribution in [0.2, 0.25) is 0 Å². The molecule has 3 heteroatoms. The molecule has 0 bridgehead atoms. The van der Waals surface area contributed by atoms with E-state index in [-0.39, 0.29) is 5.78 Å². The van der Waals surface area contributed by atoms with Gasteiger partial charge >= 0.3 is 5.97 Å². The summed E-state index contributed by atoms with van der Waals surface area (Å²) in [5.41, 5.74) is 1.35. The average molecular weight is 230 g/mol. The van der Waals surface area contributed by atoms with Crippen molar-refractivity contribution in [2.24, 2.45) is 0 Å². The van der Waals surface area contributed by atoms with Gasteiger partial charge in [0.2, 0.25) is 0 Å². The van der Waals surface area contributed by atoms with Gasteiger partial charge in [-0.1, -0.05) is 30.3 Å². The second kappa shape index (κ2) is 4.95. The summed E-state index contributed by atoms with van der Waals surface area (Å²) in [5, 5.41) is 9.09. The van der Waals surface area contributed by atoms with Crippen LogP contribution in [0.15, 0.2) is 41.5 Å². The predicted octanol–water partition coefficient (Wildman–Crippen LogP) is 2.82. The zero-order valence-electron chi connectivity index (χ0n) is 9.48. The minimum atomic E-state index is -0.955. The summed E-state index contributed by atoms with van der Waals surface area (Å²) in [6.07, 6.45) is 2.83. The Morgan fingerprint density at radius 2 is 1.53 bits per heavy atom. The van der Waals surface area contributed by atoms with Crippen molar-refractivity contribution in [3.8, 4) is 0 Å². The van der Waals surface area contributed by atoms with Gasteiger partial charge in [-0.2, -0.15) is 0 Å². The quantitative estimate of drug-likeness (QED) is 0.812. The monoisotopic (exact) mass is 230 g/mol. The first kappa shape index (κ1) is 11.6. The zero-order chi connectivity index (χ0) is 12.3. The summed E-state index contributed by atoms with van der Waals surface area (Å²) in [5.74, 6) is -1.09. The van der Waals surface area contributed by atoms with Crippen LogP contribution in [0.1, 0.15) is 36.0 Å². The van der Waals surface area contributed by atoms with Gasteiger partial charge in [0, 0.05) is 16.7 Å². The number of rotatable bonds is 3. The molecule has 0 fully saturated rings. The molecule has 1 aromatic carbocycles. The van der Waals surface area contributed by atoms with Gasteiger partial charge in [0.25, 0.3) is 0 Å². The van der Waals surface area contributed by atoms with Gasteiger partial charge in [0.05, 0.1) is 0 Å². The fourth-order valence-corrected chi connectivity index (χ4v) is 2.16. The lowest BCUT2D eigenvalue weighted by molar-refractivity contribution is -0.133. The van der Waals surface area contributed by atoms with Gasteiger partial charge in [0.15, 0.2) is 5.78 Å². The van der Waals surface area contributed by atoms with E-state index in [1.165, 1.54) is 0 Å². The van der Waals surface area contributed by atoms with Crippen molar-refractivity contribution in [2.45, 2.75) is 25.7 Å². The van der Waals surface area contributed by atoms with Crippen molar-refractivity contribution < 1.29 is 14.7 Å². The fraction of sp³-hybridized carbons (Fsp3) is 0.286. The Bertz CT molecular complexity index is 472. The van der Waals surface area contributed by atoms with Crippen molar-refractivity contribution in [1.29, 1.82) is 0 Å². The van der Waals surface area contributed by atoms with E-state index < -0.39 is 5.97 Å². The molecule has 1 aliphatic carbocycles. The molecule has 0 radical (unpaired) electrons. The number of allylic oxidation sites excluding steroid dienone is 1. The molecule has 88 valence electrons. The molecule has 0 heterocycles. The Morgan fingerprint density at radius 1 is 0.941 bits per heavy atom. The van der Waals surface area contributed by atoms with E-state index in [1.807, 2.05) is 6.07 Å². The van der Waals surface area contributed by atoms with Crippen molar-refractivity contribution in [2.75, 3.05) is 0 Å². The van der Waals surface area contributed by atoms with Gasteiger partial charge in [-0.25, -0.2) is 4.79 Å². The van der Waals surface area contributed by atoms with Crippen LogP contribution >= 0.6 is 0 Å². The molecular formula is C14H14O3. The molecular weight excluding hydrogens is 216 g/mol. The molecule has 0 saturated heterocycles. The van der Waals surface area contributed by atoms with Crippen molar-refractivity contribution in [3.05, 3.63) is 47.0 Å². The normalized spacial score (nSPS) is 15.8. The topological polar surface area (TPSA) is 54.4 Å². The number of benzene rings is 1. The van der Waals surface area contributed by atoms with Crippen LogP contribution in [0, 0.1) is 0 Å². The lowest BCUT2D eigenvalue weighted by Gasteiger charge is -2.16. The Kier molecular flexibility index (Phi) is 3.38. The highest BCUT2D eigenvalue weighted by molar-refractivity contribution is 6.12. The minimum Gasteiger partial charge on any atom is -0.478 e. The maximum atomic E-state index is 12.2. The Morgan fingerprint density at radius 3 is 2.12 bits per heavy atom. The summed E-state index contributed by atoms with van der Waals surface area (Å²) < 4.78 is 0. The average Bonchev–Trinajstić information content (AvgIpc) is 2.39. The van der Waals surface area contributed by atoms with Crippen molar-refractivity contribution in [3.63, 3.8) is 0 Å². The molecule has 0 atom stereocenters. The van der Waals surface area contributed by atoms with Gasteiger partial charge in [-0.15, -0.1) is 0 Å². The maximum Gasteiger partial charge on any atom is 0.331 e. The van der Waals surface area contributed by atoms with Crippen molar-refractivity contribution in [1.82, 2.24) is 0 Å². The highest BCUT2D eigenvalue weighted by atomic mass is 16.4. The lowest BCUT2D eigenvalue weighted by atomic mass is 9.87. The lowest BCUT2D eigenvalue weighted by Crippen LogP contribution is -2.15. The second-order valence-electron chi connectivity index (χ2n) is 4.16. The number of carbonyl (C=O) groups is 2. The van der Waals surface area contributed by atoms with Crippen LogP contribution in [0.3, 0.4) is 0 Å². The van der Waals surface area contributed by atoms with Crippen LogP contribution in [0.5, 0.6) is 0 Å². The zero-order valence-corrected chi connectivity index (χ0v) is 9.48. The smallest absolute Gasteiger partial charge is 0.331 e. The Labute approximate surface area is 99.8 Å². The predicted molar refractivity (Wildman–Crippen MR) is 63.9 cm³/mol.